The Bertz CT molecular complexity index is 252. The van der Waals surface area contributed by atoms with E-state index in [0.717, 1.165) is 20.1 Å². The molecule has 0 aromatic rings. The zero-order valence-corrected chi connectivity index (χ0v) is 8.62. The van der Waals surface area contributed by atoms with Gasteiger partial charge in [0.25, 0.3) is 0 Å². The molecular formula is C8H14O2Rh. The van der Waals surface area contributed by atoms with E-state index in [1.165, 1.54) is 0 Å². The molecule has 67 valence electrons. The van der Waals surface area contributed by atoms with Crippen molar-refractivity contribution in [3.05, 3.63) is 0 Å². The van der Waals surface area contributed by atoms with Crippen LogP contribution in [0.25, 0.3) is 0 Å². The van der Waals surface area contributed by atoms with E-state index >= 15 is 0 Å². The third-order valence-corrected chi connectivity index (χ3v) is 20.7. The third kappa shape index (κ3) is 0.438. The summed E-state index contributed by atoms with van der Waals surface area (Å²) in [6.07, 6.45) is 0. The predicted octanol–water partition coefficient (Wildman–Crippen LogP) is 2.01. The quantitative estimate of drug-likeness (QED) is 0.697. The van der Waals surface area contributed by atoms with Gasteiger partial charge in [0, 0.05) is 0 Å². The number of carbonyl (C=O) groups is 2. The monoisotopic (exact) mass is 245 g/mol. The molecule has 2 nitrogen and oxygen atoms in total. The average molecular weight is 245 g/mol. The van der Waals surface area contributed by atoms with Crippen molar-refractivity contribution < 1.29 is 22.0 Å². The molecule has 0 N–H and O–H groups in total. The zero-order chi connectivity index (χ0) is 8.39. The summed E-state index contributed by atoms with van der Waals surface area (Å²) in [7, 11) is 0. The van der Waals surface area contributed by atoms with Crippen molar-refractivity contribution in [3.8, 4) is 0 Å². The molecule has 0 atom stereocenters. The Morgan fingerprint density at radius 2 is 1.18 bits per heavy atom. The van der Waals surface area contributed by atoms with Crippen molar-refractivity contribution in [3.63, 3.8) is 0 Å². The first-order chi connectivity index (χ1) is 4.94. The van der Waals surface area contributed by atoms with Crippen LogP contribution < -0.4 is 0 Å². The molecule has 0 amide bonds. The Labute approximate surface area is 65.0 Å². The fourth-order valence-electron chi connectivity index (χ4n) is 1.71. The van der Waals surface area contributed by atoms with Gasteiger partial charge in [-0.25, -0.2) is 0 Å². The molecule has 0 aliphatic carbocycles. The molecule has 2 heterocycles. The molecule has 2 aliphatic rings. The van der Waals surface area contributed by atoms with Crippen molar-refractivity contribution in [2.75, 3.05) is 0 Å². The molecule has 1 spiro atoms. The molecule has 0 aromatic heterocycles. The van der Waals surface area contributed by atoms with E-state index in [1.807, 2.05) is 0 Å². The zero-order valence-electron chi connectivity index (χ0n) is 6.98. The van der Waals surface area contributed by atoms with E-state index in [0.29, 0.717) is 0 Å². The third-order valence-electron chi connectivity index (χ3n) is 3.51. The molecule has 0 radical (unpaired) electrons. The van der Waals surface area contributed by atoms with Gasteiger partial charge in [0.2, 0.25) is 0 Å². The minimum atomic E-state index is -3.14. The Kier molecular flexibility index (Phi) is 0.888. The molecule has 2 rings (SSSR count). The summed E-state index contributed by atoms with van der Waals surface area (Å²) in [5.74, 6) is 0. The van der Waals surface area contributed by atoms with Crippen LogP contribution >= 0.6 is 0 Å². The standard InChI is InChI=1S/2C2H3O.2C2H4.Rh/c2*1-2-3;2*1-2;/h2*1H3;2*1-2H2;. The summed E-state index contributed by atoms with van der Waals surface area (Å²) in [4.78, 5) is 23.1. The molecule has 3 heteroatoms. The Hall–Kier alpha value is -0.0366. The average Bonchev–Trinajstić information content (AvgIpc) is 2.76. The van der Waals surface area contributed by atoms with Gasteiger partial charge in [-0.1, -0.05) is 0 Å². The summed E-state index contributed by atoms with van der Waals surface area (Å²) in [6, 6.07) is 0. The second kappa shape index (κ2) is 1.28. The van der Waals surface area contributed by atoms with E-state index in [1.54, 1.807) is 13.8 Å². The SMILES string of the molecule is C[C](=O)[Rh]12([C](C)=O)([CH2][CH2]1)[CH2][CH2]2. The molecule has 11 heavy (non-hydrogen) atoms. The van der Waals surface area contributed by atoms with Gasteiger partial charge >= 0.3 is 64.7 Å². The van der Waals surface area contributed by atoms with Crippen molar-refractivity contribution in [1.29, 1.82) is 0 Å². The number of hydrogen-bond acceptors (Lipinski definition) is 2. The Balaban J connectivity index is 2.63. The predicted molar refractivity (Wildman–Crippen MR) is 40.6 cm³/mol. The molecule has 0 aromatic carbocycles. The number of hydrogen-bond donors (Lipinski definition) is 0. The first-order valence-corrected chi connectivity index (χ1v) is 9.96. The van der Waals surface area contributed by atoms with Gasteiger partial charge in [0.05, 0.1) is 0 Å². The van der Waals surface area contributed by atoms with Gasteiger partial charge in [0.15, 0.2) is 0 Å². The van der Waals surface area contributed by atoms with Gasteiger partial charge in [-0.2, -0.15) is 0 Å². The van der Waals surface area contributed by atoms with Crippen LogP contribution in [-0.4, -0.2) is 8.76 Å². The second-order valence-corrected chi connectivity index (χ2v) is 19.1. The van der Waals surface area contributed by atoms with E-state index in [-0.39, 0.29) is 8.76 Å². The first-order valence-electron chi connectivity index (χ1n) is 3.68. The van der Waals surface area contributed by atoms with Crippen LogP contribution in [0.5, 0.6) is 0 Å². The first kappa shape index (κ1) is 7.60. The maximum absolute atomic E-state index is 11.5. The summed E-state index contributed by atoms with van der Waals surface area (Å²) in [5.41, 5.74) is 0. The van der Waals surface area contributed by atoms with Gasteiger partial charge in [0.1, 0.15) is 0 Å². The molecule has 0 saturated carbocycles. The van der Waals surface area contributed by atoms with Crippen LogP contribution in [0.2, 0.25) is 20.1 Å². The van der Waals surface area contributed by atoms with E-state index in [2.05, 4.69) is 0 Å². The fraction of sp³-hybridized carbons (Fsp3) is 0.750. The molecule has 0 bridgehead atoms. The van der Waals surface area contributed by atoms with Crippen molar-refractivity contribution in [2.45, 2.75) is 33.9 Å². The molecule has 2 saturated heterocycles. The van der Waals surface area contributed by atoms with Crippen LogP contribution in [0.4, 0.5) is 0 Å². The van der Waals surface area contributed by atoms with E-state index in [9.17, 15) is 9.59 Å². The minimum absolute atomic E-state index is 0.285. The van der Waals surface area contributed by atoms with Crippen LogP contribution in [0, 0.1) is 0 Å². The summed E-state index contributed by atoms with van der Waals surface area (Å²) < 4.78 is 0.570. The van der Waals surface area contributed by atoms with Crippen LogP contribution in [-0.2, 0) is 22.0 Å². The number of carbonyl (C=O) groups excluding carboxylic acids is 2. The second-order valence-electron chi connectivity index (χ2n) is 3.57. The molecule has 2 aliphatic heterocycles. The van der Waals surface area contributed by atoms with Gasteiger partial charge in [-0.15, -0.1) is 0 Å². The van der Waals surface area contributed by atoms with Crippen LogP contribution in [0.15, 0.2) is 0 Å². The topological polar surface area (TPSA) is 34.1 Å². The summed E-state index contributed by atoms with van der Waals surface area (Å²) >= 11 is -3.14. The normalized spacial score (nSPS) is 39.1. The fourth-order valence-corrected chi connectivity index (χ4v) is 17.9. The van der Waals surface area contributed by atoms with Crippen LogP contribution in [0.1, 0.15) is 13.8 Å². The molecular weight excluding hydrogens is 231 g/mol. The maximum atomic E-state index is 11.5. The van der Waals surface area contributed by atoms with Crippen molar-refractivity contribution in [1.82, 2.24) is 0 Å². The molecule has 0 unspecified atom stereocenters. The Morgan fingerprint density at radius 1 is 0.909 bits per heavy atom. The van der Waals surface area contributed by atoms with E-state index < -0.39 is 12.4 Å². The van der Waals surface area contributed by atoms with Gasteiger partial charge < -0.3 is 0 Å². The summed E-state index contributed by atoms with van der Waals surface area (Å²) in [6.45, 7) is 3.30. The van der Waals surface area contributed by atoms with E-state index in [4.69, 9.17) is 0 Å². The van der Waals surface area contributed by atoms with Crippen LogP contribution in [0.3, 0.4) is 0 Å². The van der Waals surface area contributed by atoms with Crippen molar-refractivity contribution in [2.24, 2.45) is 0 Å². The Morgan fingerprint density at radius 3 is 1.18 bits per heavy atom. The van der Waals surface area contributed by atoms with Gasteiger partial charge in [-0.05, 0) is 0 Å². The number of rotatable bonds is 2. The van der Waals surface area contributed by atoms with Gasteiger partial charge in [-0.3, -0.25) is 0 Å². The summed E-state index contributed by atoms with van der Waals surface area (Å²) in [5, 5.41) is 3.95. The molecule has 2 fully saturated rings. The van der Waals surface area contributed by atoms with Crippen molar-refractivity contribution >= 4 is 8.76 Å².